The number of carbonyl (C=O) groups excluding carboxylic acids is 1. The Kier molecular flexibility index (Phi) is 8.57. The lowest BCUT2D eigenvalue weighted by atomic mass is 10.2. The normalized spacial score (nSPS) is 12.5. The van der Waals surface area contributed by atoms with Crippen LogP contribution in [0.2, 0.25) is 0 Å². The zero-order valence-electron chi connectivity index (χ0n) is 8.99. The fourth-order valence-corrected chi connectivity index (χ4v) is 1.08. The van der Waals surface area contributed by atoms with E-state index in [0.717, 1.165) is 19.4 Å². The first-order chi connectivity index (χ1) is 6.70. The second-order valence-electron chi connectivity index (χ2n) is 3.17. The van der Waals surface area contributed by atoms with Crippen molar-refractivity contribution >= 4 is 5.97 Å². The molecule has 0 rings (SSSR count). The highest BCUT2D eigenvalue weighted by molar-refractivity contribution is 5.66. The molecule has 0 bridgehead atoms. The lowest BCUT2D eigenvalue weighted by Crippen LogP contribution is -2.20. The molecule has 0 aromatic rings. The summed E-state index contributed by atoms with van der Waals surface area (Å²) < 4.78 is 10.1. The van der Waals surface area contributed by atoms with Crippen LogP contribution < -0.4 is 0 Å². The van der Waals surface area contributed by atoms with Crippen molar-refractivity contribution in [3.63, 3.8) is 0 Å². The zero-order valence-corrected chi connectivity index (χ0v) is 8.99. The van der Waals surface area contributed by atoms with Crippen LogP contribution in [0.15, 0.2) is 0 Å². The van der Waals surface area contributed by atoms with E-state index in [0.29, 0.717) is 13.0 Å². The number of hydrogen-bond donors (Lipinski definition) is 1. The summed E-state index contributed by atoms with van der Waals surface area (Å²) in [6.07, 6.45) is 2.09. The van der Waals surface area contributed by atoms with Gasteiger partial charge in [0, 0.05) is 20.1 Å². The van der Waals surface area contributed by atoms with E-state index in [1.165, 1.54) is 6.92 Å². The number of aliphatic hydroxyl groups is 1. The molecule has 0 spiro atoms. The summed E-state index contributed by atoms with van der Waals surface area (Å²) in [5, 5.41) is 8.86. The van der Waals surface area contributed by atoms with Gasteiger partial charge in [-0.15, -0.1) is 0 Å². The van der Waals surface area contributed by atoms with Crippen LogP contribution in [0.3, 0.4) is 0 Å². The van der Waals surface area contributed by atoms with E-state index in [4.69, 9.17) is 14.6 Å². The minimum Gasteiger partial charge on any atom is -0.460 e. The molecule has 0 aliphatic carbocycles. The van der Waals surface area contributed by atoms with Gasteiger partial charge in [0.2, 0.25) is 0 Å². The Bertz CT molecular complexity index is 147. The van der Waals surface area contributed by atoms with Gasteiger partial charge in [-0.05, 0) is 19.3 Å². The molecule has 0 aromatic carbocycles. The second-order valence-corrected chi connectivity index (χ2v) is 3.17. The van der Waals surface area contributed by atoms with Crippen LogP contribution in [-0.4, -0.2) is 37.0 Å². The maximum atomic E-state index is 10.6. The number of carbonyl (C=O) groups is 1. The molecule has 0 aliphatic rings. The summed E-state index contributed by atoms with van der Waals surface area (Å²) >= 11 is 0. The number of ether oxygens (including phenoxy) is 2. The standard InChI is InChI=1S/C10H20O4/c1-3-6-13-7-4-5-10(8-11)14-9(2)12/h10-11H,3-8H2,1-2H3. The highest BCUT2D eigenvalue weighted by Crippen LogP contribution is 2.02. The Hall–Kier alpha value is -0.610. The van der Waals surface area contributed by atoms with Crippen molar-refractivity contribution in [3.05, 3.63) is 0 Å². The van der Waals surface area contributed by atoms with Crippen molar-refractivity contribution in [2.75, 3.05) is 19.8 Å². The quantitative estimate of drug-likeness (QED) is 0.475. The molecule has 0 aliphatic heterocycles. The van der Waals surface area contributed by atoms with Crippen molar-refractivity contribution < 1.29 is 19.4 Å². The molecular weight excluding hydrogens is 184 g/mol. The van der Waals surface area contributed by atoms with Gasteiger partial charge in [0.1, 0.15) is 6.10 Å². The summed E-state index contributed by atoms with van der Waals surface area (Å²) in [7, 11) is 0. The minimum atomic E-state index is -0.377. The molecule has 84 valence electrons. The lowest BCUT2D eigenvalue weighted by molar-refractivity contribution is -0.148. The van der Waals surface area contributed by atoms with E-state index in [-0.39, 0.29) is 18.7 Å². The van der Waals surface area contributed by atoms with E-state index < -0.39 is 0 Å². The topological polar surface area (TPSA) is 55.8 Å². The Morgan fingerprint density at radius 1 is 1.43 bits per heavy atom. The SMILES string of the molecule is CCCOCCCC(CO)OC(C)=O. The van der Waals surface area contributed by atoms with Crippen LogP contribution in [0.5, 0.6) is 0 Å². The average molecular weight is 204 g/mol. The molecule has 14 heavy (non-hydrogen) atoms. The third-order valence-corrected chi connectivity index (χ3v) is 1.70. The zero-order chi connectivity index (χ0) is 10.8. The molecule has 0 aromatic heterocycles. The number of hydrogen-bond acceptors (Lipinski definition) is 4. The van der Waals surface area contributed by atoms with Crippen LogP contribution in [0.25, 0.3) is 0 Å². The molecule has 1 unspecified atom stereocenters. The van der Waals surface area contributed by atoms with Crippen molar-refractivity contribution in [1.82, 2.24) is 0 Å². The van der Waals surface area contributed by atoms with Crippen LogP contribution in [0, 0.1) is 0 Å². The Morgan fingerprint density at radius 2 is 2.14 bits per heavy atom. The first-order valence-corrected chi connectivity index (χ1v) is 5.06. The van der Waals surface area contributed by atoms with Crippen molar-refractivity contribution in [1.29, 1.82) is 0 Å². The Morgan fingerprint density at radius 3 is 2.64 bits per heavy atom. The van der Waals surface area contributed by atoms with Gasteiger partial charge in [-0.1, -0.05) is 6.92 Å². The summed E-state index contributed by atoms with van der Waals surface area (Å²) in [6.45, 7) is 4.70. The first kappa shape index (κ1) is 13.4. The average Bonchev–Trinajstić information content (AvgIpc) is 2.15. The maximum Gasteiger partial charge on any atom is 0.302 e. The minimum absolute atomic E-state index is 0.118. The molecule has 4 nitrogen and oxygen atoms in total. The summed E-state index contributed by atoms with van der Waals surface area (Å²) in [6, 6.07) is 0. The first-order valence-electron chi connectivity index (χ1n) is 5.06. The predicted octanol–water partition coefficient (Wildman–Crippen LogP) is 1.12. The molecule has 4 heteroatoms. The van der Waals surface area contributed by atoms with E-state index in [2.05, 4.69) is 6.92 Å². The fourth-order valence-electron chi connectivity index (χ4n) is 1.08. The highest BCUT2D eigenvalue weighted by Gasteiger charge is 2.09. The van der Waals surface area contributed by atoms with Gasteiger partial charge < -0.3 is 14.6 Å². The highest BCUT2D eigenvalue weighted by atomic mass is 16.5. The molecule has 1 atom stereocenters. The molecule has 0 saturated heterocycles. The number of esters is 1. The van der Waals surface area contributed by atoms with Gasteiger partial charge in [0.25, 0.3) is 0 Å². The van der Waals surface area contributed by atoms with Crippen LogP contribution in [0.1, 0.15) is 33.1 Å². The van der Waals surface area contributed by atoms with Crippen LogP contribution >= 0.6 is 0 Å². The lowest BCUT2D eigenvalue weighted by Gasteiger charge is -2.13. The van der Waals surface area contributed by atoms with Crippen molar-refractivity contribution in [2.24, 2.45) is 0 Å². The van der Waals surface area contributed by atoms with Gasteiger partial charge in [0.05, 0.1) is 6.61 Å². The van der Waals surface area contributed by atoms with Crippen molar-refractivity contribution in [3.8, 4) is 0 Å². The smallest absolute Gasteiger partial charge is 0.302 e. The third kappa shape index (κ3) is 8.01. The molecule has 0 radical (unpaired) electrons. The fraction of sp³-hybridized carbons (Fsp3) is 0.900. The maximum absolute atomic E-state index is 10.6. The van der Waals surface area contributed by atoms with E-state index in [1.807, 2.05) is 0 Å². The predicted molar refractivity (Wildman–Crippen MR) is 53.0 cm³/mol. The van der Waals surface area contributed by atoms with E-state index >= 15 is 0 Å². The van der Waals surface area contributed by atoms with Gasteiger partial charge in [-0.2, -0.15) is 0 Å². The van der Waals surface area contributed by atoms with Crippen LogP contribution in [0.4, 0.5) is 0 Å². The monoisotopic (exact) mass is 204 g/mol. The molecule has 0 fully saturated rings. The molecule has 1 N–H and O–H groups in total. The Labute approximate surface area is 85.2 Å². The summed E-state index contributed by atoms with van der Waals surface area (Å²) in [5.41, 5.74) is 0. The van der Waals surface area contributed by atoms with Crippen molar-refractivity contribution in [2.45, 2.75) is 39.2 Å². The van der Waals surface area contributed by atoms with E-state index in [9.17, 15) is 4.79 Å². The largest absolute Gasteiger partial charge is 0.460 e. The van der Waals surface area contributed by atoms with Gasteiger partial charge in [-0.3, -0.25) is 4.79 Å². The molecule has 0 saturated carbocycles. The Balaban J connectivity index is 3.38. The summed E-state index contributed by atoms with van der Waals surface area (Å²) in [4.78, 5) is 10.6. The number of aliphatic hydroxyl groups excluding tert-OH is 1. The second kappa shape index (κ2) is 8.97. The van der Waals surface area contributed by atoms with Gasteiger partial charge >= 0.3 is 5.97 Å². The number of rotatable bonds is 8. The third-order valence-electron chi connectivity index (χ3n) is 1.70. The van der Waals surface area contributed by atoms with Gasteiger partial charge in [0.15, 0.2) is 0 Å². The summed E-state index contributed by atoms with van der Waals surface area (Å²) in [5.74, 6) is -0.349. The molecular formula is C10H20O4. The molecule has 0 amide bonds. The van der Waals surface area contributed by atoms with E-state index in [1.54, 1.807) is 0 Å². The van der Waals surface area contributed by atoms with Crippen LogP contribution in [-0.2, 0) is 14.3 Å². The molecule has 0 heterocycles. The van der Waals surface area contributed by atoms with Gasteiger partial charge in [-0.25, -0.2) is 0 Å².